The molecule has 1 heterocycles. The molecular weight excluding hydrogens is 208 g/mol. The molecule has 82 valence electrons. The third-order valence-electron chi connectivity index (χ3n) is 2.64. The first-order valence-corrected chi connectivity index (χ1v) is 5.85. The number of hydrogen-bond donors (Lipinski definition) is 0. The number of carbonyl (C=O) groups is 2. The normalized spacial score (nSPS) is 32.2. The minimum atomic E-state index is -0.684. The number of Topliss-reactive ketones (excluding diaryl/α,β-unsaturated/α-hetero) is 1. The molecule has 1 fully saturated rings. The Hall–Kier alpha value is -0.830. The Balaban J connectivity index is 3.03. The maximum atomic E-state index is 12.0. The monoisotopic (exact) mass is 224 g/mol. The van der Waals surface area contributed by atoms with Crippen molar-refractivity contribution in [3.05, 3.63) is 24.3 Å². The molecule has 1 rings (SSSR count). The molecule has 0 amide bonds. The van der Waals surface area contributed by atoms with Gasteiger partial charge in [0.2, 0.25) is 5.12 Å². The number of rotatable bonds is 3. The highest BCUT2D eigenvalue weighted by Crippen LogP contribution is 2.42. The highest BCUT2D eigenvalue weighted by molar-refractivity contribution is 8.16. The molecule has 15 heavy (non-hydrogen) atoms. The van der Waals surface area contributed by atoms with Crippen molar-refractivity contribution >= 4 is 22.7 Å². The smallest absolute Gasteiger partial charge is 0.200 e. The van der Waals surface area contributed by atoms with E-state index in [0.717, 1.165) is 17.3 Å². The summed E-state index contributed by atoms with van der Waals surface area (Å²) in [4.78, 5) is 23.6. The summed E-state index contributed by atoms with van der Waals surface area (Å²) in [6.07, 6.45) is 4.13. The predicted octanol–water partition coefficient (Wildman–Crippen LogP) is 2.75. The van der Waals surface area contributed by atoms with Crippen LogP contribution in [-0.2, 0) is 9.59 Å². The fraction of sp³-hybridized carbons (Fsp3) is 0.500. The van der Waals surface area contributed by atoms with Crippen LogP contribution < -0.4 is 0 Å². The van der Waals surface area contributed by atoms with E-state index in [-0.39, 0.29) is 10.9 Å². The number of thioether (sulfide) groups is 1. The molecule has 1 saturated heterocycles. The van der Waals surface area contributed by atoms with Gasteiger partial charge in [-0.05, 0) is 20.3 Å². The molecule has 0 bridgehead atoms. The first-order chi connectivity index (χ1) is 6.94. The Labute approximate surface area is 94.8 Å². The first-order valence-electron chi connectivity index (χ1n) is 5.03. The molecule has 0 spiro atoms. The summed E-state index contributed by atoms with van der Waals surface area (Å²) in [6.45, 7) is 9.21. The van der Waals surface area contributed by atoms with E-state index in [0.29, 0.717) is 6.42 Å². The lowest BCUT2D eigenvalue weighted by molar-refractivity contribution is -0.127. The highest BCUT2D eigenvalue weighted by atomic mass is 32.2. The van der Waals surface area contributed by atoms with Crippen molar-refractivity contribution < 1.29 is 9.59 Å². The standard InChI is InChI=1S/C12H16O2S/c1-5-8(3)7-12(4)10(13)9(6-2)11(14)15-12/h5,7,9H,1,6H2,2-4H3/t9?,12-/m1/s1. The van der Waals surface area contributed by atoms with E-state index in [1.54, 1.807) is 13.0 Å². The molecule has 0 N–H and O–H groups in total. The molecule has 0 aromatic heterocycles. The Bertz CT molecular complexity index is 344. The minimum Gasteiger partial charge on any atom is -0.297 e. The molecule has 0 saturated carbocycles. The summed E-state index contributed by atoms with van der Waals surface area (Å²) < 4.78 is -0.684. The fourth-order valence-electron chi connectivity index (χ4n) is 1.73. The molecule has 0 aromatic carbocycles. The molecule has 1 aliphatic rings. The van der Waals surface area contributed by atoms with E-state index in [9.17, 15) is 9.59 Å². The maximum Gasteiger partial charge on any atom is 0.200 e. The number of ketones is 1. The van der Waals surface area contributed by atoms with Crippen LogP contribution in [0.25, 0.3) is 0 Å². The third-order valence-corrected chi connectivity index (χ3v) is 3.86. The van der Waals surface area contributed by atoms with Crippen molar-refractivity contribution in [3.63, 3.8) is 0 Å². The minimum absolute atomic E-state index is 0.00175. The maximum absolute atomic E-state index is 12.0. The number of carbonyl (C=O) groups excluding carboxylic acids is 2. The zero-order valence-corrected chi connectivity index (χ0v) is 10.2. The lowest BCUT2D eigenvalue weighted by atomic mass is 9.91. The first kappa shape index (κ1) is 12.2. The van der Waals surface area contributed by atoms with Crippen LogP contribution in [0.1, 0.15) is 27.2 Å². The molecule has 1 aliphatic heterocycles. The van der Waals surface area contributed by atoms with Crippen molar-refractivity contribution in [3.8, 4) is 0 Å². The van der Waals surface area contributed by atoms with Gasteiger partial charge in [-0.2, -0.15) is 0 Å². The fourth-order valence-corrected chi connectivity index (χ4v) is 3.05. The quantitative estimate of drug-likeness (QED) is 0.546. The van der Waals surface area contributed by atoms with Crippen LogP contribution in [0.4, 0.5) is 0 Å². The molecular formula is C12H16O2S. The van der Waals surface area contributed by atoms with E-state index < -0.39 is 10.7 Å². The van der Waals surface area contributed by atoms with Crippen molar-refractivity contribution in [1.82, 2.24) is 0 Å². The number of allylic oxidation sites excluding steroid dienone is 2. The second kappa shape index (κ2) is 4.35. The van der Waals surface area contributed by atoms with E-state index >= 15 is 0 Å². The van der Waals surface area contributed by atoms with Gasteiger partial charge >= 0.3 is 0 Å². The van der Waals surface area contributed by atoms with Gasteiger partial charge in [0.15, 0.2) is 5.78 Å². The van der Waals surface area contributed by atoms with Gasteiger partial charge in [0.05, 0.1) is 10.7 Å². The summed E-state index contributed by atoms with van der Waals surface area (Å²) in [6, 6.07) is 0. The topological polar surface area (TPSA) is 34.1 Å². The summed E-state index contributed by atoms with van der Waals surface area (Å²) in [5.41, 5.74) is 0.933. The van der Waals surface area contributed by atoms with Crippen molar-refractivity contribution in [2.45, 2.75) is 31.9 Å². The molecule has 0 radical (unpaired) electrons. The van der Waals surface area contributed by atoms with Crippen LogP contribution in [0.5, 0.6) is 0 Å². The van der Waals surface area contributed by atoms with Gasteiger partial charge < -0.3 is 0 Å². The molecule has 2 atom stereocenters. The summed E-state index contributed by atoms with van der Waals surface area (Å²) in [5.74, 6) is -0.393. The van der Waals surface area contributed by atoms with Gasteiger partial charge in [-0.1, -0.05) is 43.0 Å². The van der Waals surface area contributed by atoms with E-state index in [2.05, 4.69) is 6.58 Å². The zero-order valence-electron chi connectivity index (χ0n) is 9.37. The molecule has 0 aromatic rings. The van der Waals surface area contributed by atoms with Gasteiger partial charge in [0.1, 0.15) is 0 Å². The lowest BCUT2D eigenvalue weighted by Crippen LogP contribution is -2.28. The summed E-state index contributed by atoms with van der Waals surface area (Å²) in [5, 5.41) is -0.00175. The zero-order chi connectivity index (χ0) is 11.6. The second-order valence-corrected chi connectivity index (χ2v) is 5.40. The van der Waals surface area contributed by atoms with Gasteiger partial charge in [0, 0.05) is 0 Å². The molecule has 2 nitrogen and oxygen atoms in total. The predicted molar refractivity (Wildman–Crippen MR) is 63.7 cm³/mol. The second-order valence-electron chi connectivity index (χ2n) is 3.95. The Morgan fingerprint density at radius 3 is 2.60 bits per heavy atom. The Kier molecular flexibility index (Phi) is 3.55. The van der Waals surface area contributed by atoms with Crippen LogP contribution in [0.3, 0.4) is 0 Å². The van der Waals surface area contributed by atoms with E-state index in [1.807, 2.05) is 19.9 Å². The summed E-state index contributed by atoms with van der Waals surface area (Å²) >= 11 is 1.14. The van der Waals surface area contributed by atoms with E-state index in [4.69, 9.17) is 0 Å². The number of hydrogen-bond acceptors (Lipinski definition) is 3. The summed E-state index contributed by atoms with van der Waals surface area (Å²) in [7, 11) is 0. The van der Waals surface area contributed by atoms with E-state index in [1.165, 1.54) is 0 Å². The molecule has 1 unspecified atom stereocenters. The third kappa shape index (κ3) is 2.23. The van der Waals surface area contributed by atoms with Gasteiger partial charge in [-0.3, -0.25) is 9.59 Å². The lowest BCUT2D eigenvalue weighted by Gasteiger charge is -2.16. The van der Waals surface area contributed by atoms with Crippen LogP contribution >= 0.6 is 11.8 Å². The van der Waals surface area contributed by atoms with Crippen LogP contribution in [0.2, 0.25) is 0 Å². The Morgan fingerprint density at radius 2 is 2.20 bits per heavy atom. The largest absolute Gasteiger partial charge is 0.297 e. The molecule has 0 aliphatic carbocycles. The van der Waals surface area contributed by atoms with Crippen LogP contribution in [0, 0.1) is 5.92 Å². The van der Waals surface area contributed by atoms with Crippen LogP contribution in [0.15, 0.2) is 24.3 Å². The van der Waals surface area contributed by atoms with Gasteiger partial charge in [-0.25, -0.2) is 0 Å². The van der Waals surface area contributed by atoms with Crippen molar-refractivity contribution in [2.24, 2.45) is 5.92 Å². The van der Waals surface area contributed by atoms with Crippen LogP contribution in [-0.4, -0.2) is 15.6 Å². The Morgan fingerprint density at radius 1 is 1.60 bits per heavy atom. The highest BCUT2D eigenvalue weighted by Gasteiger charge is 2.48. The van der Waals surface area contributed by atoms with Crippen molar-refractivity contribution in [2.75, 3.05) is 0 Å². The average Bonchev–Trinajstić information content (AvgIpc) is 2.37. The van der Waals surface area contributed by atoms with Gasteiger partial charge in [-0.15, -0.1) is 0 Å². The van der Waals surface area contributed by atoms with Gasteiger partial charge in [0.25, 0.3) is 0 Å². The molecule has 3 heteroatoms. The SMILES string of the molecule is C=CC(C)=C[C@@]1(C)SC(=O)C(CC)C1=O. The van der Waals surface area contributed by atoms with Crippen molar-refractivity contribution in [1.29, 1.82) is 0 Å². The average molecular weight is 224 g/mol.